The van der Waals surface area contributed by atoms with Gasteiger partial charge in [-0.25, -0.2) is 8.42 Å². The number of carbonyl (C=O) groups excluding carboxylic acids is 1. The van der Waals surface area contributed by atoms with Crippen LogP contribution in [0.25, 0.3) is 0 Å². The molecule has 6 heteroatoms. The van der Waals surface area contributed by atoms with Gasteiger partial charge in [-0.05, 0) is 17.5 Å². The molecule has 20 heavy (non-hydrogen) atoms. The van der Waals surface area contributed by atoms with E-state index in [9.17, 15) is 13.2 Å². The fourth-order valence-corrected chi connectivity index (χ4v) is 3.33. The van der Waals surface area contributed by atoms with Crippen LogP contribution >= 0.6 is 0 Å². The van der Waals surface area contributed by atoms with E-state index in [0.29, 0.717) is 6.42 Å². The van der Waals surface area contributed by atoms with Gasteiger partial charge in [0.05, 0.1) is 12.8 Å². The van der Waals surface area contributed by atoms with Crippen molar-refractivity contribution in [2.75, 3.05) is 12.8 Å². The van der Waals surface area contributed by atoms with Crippen molar-refractivity contribution in [1.82, 2.24) is 9.62 Å². The Kier molecular flexibility index (Phi) is 4.12. The van der Waals surface area contributed by atoms with E-state index < -0.39 is 16.1 Å². The third-order valence-corrected chi connectivity index (χ3v) is 4.53. The molecule has 1 amide bonds. The van der Waals surface area contributed by atoms with Gasteiger partial charge in [-0.3, -0.25) is 4.79 Å². The fourth-order valence-electron chi connectivity index (χ4n) is 2.33. The summed E-state index contributed by atoms with van der Waals surface area (Å²) in [4.78, 5) is 12.1. The molecule has 0 spiro atoms. The van der Waals surface area contributed by atoms with E-state index in [0.717, 1.165) is 17.4 Å². The molecule has 5 nitrogen and oxygen atoms in total. The zero-order chi connectivity index (χ0) is 14.8. The number of sulfonamides is 1. The lowest BCUT2D eigenvalue weighted by Crippen LogP contribution is -2.52. The van der Waals surface area contributed by atoms with Gasteiger partial charge < -0.3 is 5.32 Å². The molecular formula is C14H16N2O3S. The molecule has 0 saturated carbocycles. The lowest BCUT2D eigenvalue weighted by molar-refractivity contribution is -0.124. The molecular weight excluding hydrogens is 276 g/mol. The topological polar surface area (TPSA) is 66.5 Å². The summed E-state index contributed by atoms with van der Waals surface area (Å²) in [6.45, 7) is 0.303. The molecule has 1 aliphatic heterocycles. The minimum Gasteiger partial charge on any atom is -0.344 e. The van der Waals surface area contributed by atoms with E-state index in [1.54, 1.807) is 0 Å². The Morgan fingerprint density at radius 1 is 1.45 bits per heavy atom. The number of nitrogens with zero attached hydrogens (tertiary/aromatic N) is 1. The van der Waals surface area contributed by atoms with Crippen LogP contribution in [0.4, 0.5) is 0 Å². The van der Waals surface area contributed by atoms with Gasteiger partial charge in [0.25, 0.3) is 0 Å². The lowest BCUT2D eigenvalue weighted by Gasteiger charge is -2.33. The molecule has 0 fully saturated rings. The summed E-state index contributed by atoms with van der Waals surface area (Å²) >= 11 is 0. The first kappa shape index (κ1) is 14.6. The molecule has 2 rings (SSSR count). The summed E-state index contributed by atoms with van der Waals surface area (Å²) in [6.07, 6.45) is 6.58. The Labute approximate surface area is 119 Å². The summed E-state index contributed by atoms with van der Waals surface area (Å²) in [5.41, 5.74) is 1.92. The first-order valence-electron chi connectivity index (χ1n) is 6.18. The number of carbonyl (C=O) groups is 1. The molecule has 1 N–H and O–H groups in total. The second-order valence-electron chi connectivity index (χ2n) is 4.72. The van der Waals surface area contributed by atoms with Gasteiger partial charge in [-0.1, -0.05) is 30.2 Å². The van der Waals surface area contributed by atoms with Crippen molar-refractivity contribution in [3.05, 3.63) is 35.4 Å². The smallest absolute Gasteiger partial charge is 0.239 e. The summed E-state index contributed by atoms with van der Waals surface area (Å²) in [5, 5.41) is 2.55. The number of nitrogens with one attached hydrogen (secondary N) is 1. The van der Waals surface area contributed by atoms with Crippen LogP contribution in [0, 0.1) is 12.3 Å². The number of fused-ring (bicyclic) bond motifs is 1. The van der Waals surface area contributed by atoms with Gasteiger partial charge in [-0.15, -0.1) is 6.42 Å². The van der Waals surface area contributed by atoms with Gasteiger partial charge in [-0.2, -0.15) is 4.31 Å². The second kappa shape index (κ2) is 5.65. The van der Waals surface area contributed by atoms with Crippen LogP contribution in [-0.4, -0.2) is 37.5 Å². The maximum Gasteiger partial charge on any atom is 0.239 e. The van der Waals surface area contributed by atoms with Crippen molar-refractivity contribution >= 4 is 15.9 Å². The molecule has 0 aromatic heterocycles. The van der Waals surface area contributed by atoms with Gasteiger partial charge in [0.15, 0.2) is 0 Å². The van der Waals surface area contributed by atoms with E-state index in [1.807, 2.05) is 24.3 Å². The number of rotatable bonds is 3. The summed E-state index contributed by atoms with van der Waals surface area (Å²) in [7, 11) is -3.47. The van der Waals surface area contributed by atoms with Crippen molar-refractivity contribution < 1.29 is 13.2 Å². The van der Waals surface area contributed by atoms with E-state index in [4.69, 9.17) is 6.42 Å². The number of amides is 1. The molecule has 0 saturated heterocycles. The summed E-state index contributed by atoms with van der Waals surface area (Å²) in [6, 6.07) is 6.79. The van der Waals surface area contributed by atoms with Crippen LogP contribution in [0.2, 0.25) is 0 Å². The molecule has 0 bridgehead atoms. The highest BCUT2D eigenvalue weighted by molar-refractivity contribution is 7.88. The zero-order valence-electron chi connectivity index (χ0n) is 11.2. The molecule has 106 valence electrons. The molecule has 1 aromatic carbocycles. The highest BCUT2D eigenvalue weighted by Crippen LogP contribution is 2.25. The summed E-state index contributed by atoms with van der Waals surface area (Å²) in [5.74, 6) is 1.95. The Bertz CT molecular complexity index is 661. The predicted octanol–water partition coefficient (Wildman–Crippen LogP) is 0.122. The standard InChI is InChI=1S/C14H16N2O3S/c1-3-8-15-14(17)13-9-11-6-4-5-7-12(11)10-16(13)20(2,18)19/h1,4-7,13H,8-10H2,2H3,(H,15,17). The minimum atomic E-state index is -3.47. The van der Waals surface area contributed by atoms with Crippen molar-refractivity contribution in [1.29, 1.82) is 0 Å². The highest BCUT2D eigenvalue weighted by Gasteiger charge is 2.36. The molecule has 1 aromatic rings. The number of terminal acetylenes is 1. The van der Waals surface area contributed by atoms with Gasteiger partial charge in [0.1, 0.15) is 6.04 Å². The third kappa shape index (κ3) is 3.00. The molecule has 1 unspecified atom stereocenters. The van der Waals surface area contributed by atoms with Crippen LogP contribution in [0.1, 0.15) is 11.1 Å². The quantitative estimate of drug-likeness (QED) is 0.805. The lowest BCUT2D eigenvalue weighted by atomic mass is 9.95. The van der Waals surface area contributed by atoms with Crippen LogP contribution in [0.3, 0.4) is 0 Å². The number of hydrogen-bond acceptors (Lipinski definition) is 3. The SMILES string of the molecule is C#CCNC(=O)C1Cc2ccccc2CN1S(C)(=O)=O. The van der Waals surface area contributed by atoms with Gasteiger partial charge in [0.2, 0.25) is 15.9 Å². The van der Waals surface area contributed by atoms with Crippen LogP contribution in [-0.2, 0) is 27.8 Å². The van der Waals surface area contributed by atoms with Crippen LogP contribution in [0.15, 0.2) is 24.3 Å². The van der Waals surface area contributed by atoms with E-state index in [-0.39, 0.29) is 19.0 Å². The highest BCUT2D eigenvalue weighted by atomic mass is 32.2. The maximum atomic E-state index is 12.1. The Morgan fingerprint density at radius 2 is 2.10 bits per heavy atom. The van der Waals surface area contributed by atoms with Crippen molar-refractivity contribution in [3.63, 3.8) is 0 Å². The molecule has 1 heterocycles. The predicted molar refractivity (Wildman–Crippen MR) is 76.2 cm³/mol. The Morgan fingerprint density at radius 3 is 2.70 bits per heavy atom. The Balaban J connectivity index is 2.33. The van der Waals surface area contributed by atoms with Crippen molar-refractivity contribution in [2.24, 2.45) is 0 Å². The van der Waals surface area contributed by atoms with Gasteiger partial charge in [0, 0.05) is 6.54 Å². The molecule has 0 radical (unpaired) electrons. The van der Waals surface area contributed by atoms with Crippen molar-refractivity contribution in [2.45, 2.75) is 19.0 Å². The third-order valence-electron chi connectivity index (χ3n) is 3.30. The summed E-state index contributed by atoms with van der Waals surface area (Å²) < 4.78 is 25.0. The monoisotopic (exact) mass is 292 g/mol. The number of benzene rings is 1. The second-order valence-corrected chi connectivity index (χ2v) is 6.65. The number of hydrogen-bond donors (Lipinski definition) is 1. The fraction of sp³-hybridized carbons (Fsp3) is 0.357. The molecule has 0 aliphatic carbocycles. The van der Waals surface area contributed by atoms with Crippen molar-refractivity contribution in [3.8, 4) is 12.3 Å². The molecule has 1 aliphatic rings. The van der Waals surface area contributed by atoms with Crippen LogP contribution < -0.4 is 5.32 Å². The minimum absolute atomic E-state index is 0.0918. The zero-order valence-corrected chi connectivity index (χ0v) is 12.0. The van der Waals surface area contributed by atoms with E-state index in [1.165, 1.54) is 4.31 Å². The first-order valence-corrected chi connectivity index (χ1v) is 8.03. The average Bonchev–Trinajstić information content (AvgIpc) is 2.42. The maximum absolute atomic E-state index is 12.1. The van der Waals surface area contributed by atoms with E-state index >= 15 is 0 Å². The molecule has 1 atom stereocenters. The normalized spacial score (nSPS) is 18.9. The Hall–Kier alpha value is -1.84. The first-order chi connectivity index (χ1) is 9.43. The van der Waals surface area contributed by atoms with Crippen LogP contribution in [0.5, 0.6) is 0 Å². The average molecular weight is 292 g/mol. The largest absolute Gasteiger partial charge is 0.344 e. The van der Waals surface area contributed by atoms with Gasteiger partial charge >= 0.3 is 0 Å². The van der Waals surface area contributed by atoms with E-state index in [2.05, 4.69) is 11.2 Å².